The number of ether oxygens (including phenoxy) is 4. The summed E-state index contributed by atoms with van der Waals surface area (Å²) in [6.45, 7) is 2.82. The van der Waals surface area contributed by atoms with Crippen molar-refractivity contribution in [3.8, 4) is 0 Å². The molecule has 3 aliphatic heterocycles. The molecule has 0 unspecified atom stereocenters. The third-order valence-corrected chi connectivity index (χ3v) is 3.76. The molecule has 0 aromatic heterocycles. The van der Waals surface area contributed by atoms with E-state index in [2.05, 4.69) is 12.1 Å². The molecule has 96 valence electrons. The molecule has 0 saturated carbocycles. The van der Waals surface area contributed by atoms with Gasteiger partial charge in [0.25, 0.3) is 0 Å². The van der Waals surface area contributed by atoms with E-state index in [1.54, 1.807) is 0 Å². The number of hydrogen-bond donors (Lipinski definition) is 0. The third-order valence-electron chi connectivity index (χ3n) is 3.76. The molecule has 3 aliphatic rings. The quantitative estimate of drug-likeness (QED) is 0.739. The lowest BCUT2D eigenvalue weighted by molar-refractivity contribution is -0.111. The topological polar surface area (TPSA) is 43.5 Å². The van der Waals surface area contributed by atoms with Crippen molar-refractivity contribution in [3.63, 3.8) is 0 Å². The fourth-order valence-corrected chi connectivity index (χ4v) is 2.53. The maximum Gasteiger partial charge on any atom is 0.115 e. The van der Waals surface area contributed by atoms with E-state index >= 15 is 0 Å². The number of epoxide rings is 2. The zero-order valence-corrected chi connectivity index (χ0v) is 10.1. The second-order valence-corrected chi connectivity index (χ2v) is 5.06. The van der Waals surface area contributed by atoms with Crippen molar-refractivity contribution in [1.29, 1.82) is 0 Å². The molecule has 18 heavy (non-hydrogen) atoms. The first-order chi connectivity index (χ1) is 8.92. The molecular formula is C14H16O4. The van der Waals surface area contributed by atoms with Crippen molar-refractivity contribution in [2.45, 2.75) is 37.6 Å². The van der Waals surface area contributed by atoms with Gasteiger partial charge in [0.05, 0.1) is 26.4 Å². The van der Waals surface area contributed by atoms with Gasteiger partial charge in [0.2, 0.25) is 0 Å². The monoisotopic (exact) mass is 248 g/mol. The second kappa shape index (κ2) is 4.31. The molecule has 4 heteroatoms. The van der Waals surface area contributed by atoms with Crippen LogP contribution >= 0.6 is 0 Å². The lowest BCUT2D eigenvalue weighted by atomic mass is 10.0. The molecule has 0 amide bonds. The molecular weight excluding hydrogens is 232 g/mol. The lowest BCUT2D eigenvalue weighted by Crippen LogP contribution is -2.41. The van der Waals surface area contributed by atoms with Gasteiger partial charge in [-0.3, -0.25) is 0 Å². The Morgan fingerprint density at radius 3 is 1.56 bits per heavy atom. The van der Waals surface area contributed by atoms with Crippen LogP contribution in [0.3, 0.4) is 0 Å². The summed E-state index contributed by atoms with van der Waals surface area (Å²) in [5, 5.41) is 0. The van der Waals surface area contributed by atoms with Crippen LogP contribution in [0.2, 0.25) is 0 Å². The lowest BCUT2D eigenvalue weighted by Gasteiger charge is -2.28. The van der Waals surface area contributed by atoms with E-state index in [-0.39, 0.29) is 24.4 Å². The molecule has 4 rings (SSSR count). The van der Waals surface area contributed by atoms with Gasteiger partial charge < -0.3 is 18.9 Å². The highest BCUT2D eigenvalue weighted by atomic mass is 16.6. The van der Waals surface area contributed by atoms with E-state index in [0.29, 0.717) is 13.2 Å². The molecule has 1 aromatic carbocycles. The van der Waals surface area contributed by atoms with Crippen LogP contribution in [0.15, 0.2) is 24.3 Å². The Kier molecular flexibility index (Phi) is 2.62. The van der Waals surface area contributed by atoms with Gasteiger partial charge in [-0.25, -0.2) is 0 Å². The van der Waals surface area contributed by atoms with E-state index in [4.69, 9.17) is 18.9 Å². The SMILES string of the molecule is c1ccc2c(c1)CO[C@H]([C@H]1CO1)[C@@H]([C@H]1CO1)OC2. The van der Waals surface area contributed by atoms with Crippen molar-refractivity contribution in [2.75, 3.05) is 13.2 Å². The number of benzene rings is 1. The second-order valence-electron chi connectivity index (χ2n) is 5.06. The Morgan fingerprint density at radius 1 is 0.722 bits per heavy atom. The first kappa shape index (κ1) is 10.9. The van der Waals surface area contributed by atoms with Crippen LogP contribution in [-0.2, 0) is 32.2 Å². The summed E-state index contributed by atoms with van der Waals surface area (Å²) >= 11 is 0. The van der Waals surface area contributed by atoms with Gasteiger partial charge in [0.15, 0.2) is 0 Å². The highest BCUT2D eigenvalue weighted by Gasteiger charge is 2.48. The van der Waals surface area contributed by atoms with E-state index in [0.717, 1.165) is 13.2 Å². The van der Waals surface area contributed by atoms with E-state index in [9.17, 15) is 0 Å². The fraction of sp³-hybridized carbons (Fsp3) is 0.571. The summed E-state index contributed by atoms with van der Waals surface area (Å²) < 4.78 is 22.8. The minimum absolute atomic E-state index is 0.00542. The molecule has 3 heterocycles. The normalized spacial score (nSPS) is 38.4. The Hall–Kier alpha value is -0.940. The van der Waals surface area contributed by atoms with Gasteiger partial charge in [-0.1, -0.05) is 24.3 Å². The maximum atomic E-state index is 6.02. The molecule has 0 N–H and O–H groups in total. The standard InChI is InChI=1S/C14H16O4/c1-2-4-10-6-18-14(12-8-16-12)13(11-7-15-11)17-5-9(10)3-1/h1-4,11-14H,5-8H2/t11-,12-,13-,14-/m1/s1. The van der Waals surface area contributed by atoms with Gasteiger partial charge in [0, 0.05) is 0 Å². The fourth-order valence-electron chi connectivity index (χ4n) is 2.53. The van der Waals surface area contributed by atoms with Gasteiger partial charge in [0.1, 0.15) is 24.4 Å². The summed E-state index contributed by atoms with van der Waals surface area (Å²) in [4.78, 5) is 0. The molecule has 2 fully saturated rings. The predicted octanol–water partition coefficient (Wildman–Crippen LogP) is 1.27. The van der Waals surface area contributed by atoms with Crippen molar-refractivity contribution in [1.82, 2.24) is 0 Å². The number of fused-ring (bicyclic) bond motifs is 1. The van der Waals surface area contributed by atoms with Crippen LogP contribution in [-0.4, -0.2) is 37.6 Å². The van der Waals surface area contributed by atoms with Crippen LogP contribution < -0.4 is 0 Å². The van der Waals surface area contributed by atoms with Crippen LogP contribution in [0.25, 0.3) is 0 Å². The van der Waals surface area contributed by atoms with Crippen LogP contribution in [0, 0.1) is 0 Å². The number of rotatable bonds is 2. The first-order valence-electron chi connectivity index (χ1n) is 6.45. The Bertz CT molecular complexity index is 398. The van der Waals surface area contributed by atoms with Gasteiger partial charge >= 0.3 is 0 Å². The van der Waals surface area contributed by atoms with Crippen LogP contribution in [0.1, 0.15) is 11.1 Å². The number of hydrogen-bond acceptors (Lipinski definition) is 4. The molecule has 4 atom stereocenters. The maximum absolute atomic E-state index is 6.02. The van der Waals surface area contributed by atoms with E-state index in [1.165, 1.54) is 11.1 Å². The molecule has 0 radical (unpaired) electrons. The summed E-state index contributed by atoms with van der Waals surface area (Å²) in [6, 6.07) is 8.26. The van der Waals surface area contributed by atoms with Crippen molar-refractivity contribution in [2.24, 2.45) is 0 Å². The van der Waals surface area contributed by atoms with Crippen molar-refractivity contribution < 1.29 is 18.9 Å². The summed E-state index contributed by atoms with van der Waals surface area (Å²) in [5.41, 5.74) is 2.41. The third kappa shape index (κ3) is 2.06. The first-order valence-corrected chi connectivity index (χ1v) is 6.45. The smallest absolute Gasteiger partial charge is 0.115 e. The minimum Gasteiger partial charge on any atom is -0.370 e. The predicted molar refractivity (Wildman–Crippen MR) is 63.1 cm³/mol. The molecule has 4 nitrogen and oxygen atoms in total. The van der Waals surface area contributed by atoms with Crippen LogP contribution in [0.5, 0.6) is 0 Å². The Balaban J connectivity index is 1.59. The summed E-state index contributed by atoms with van der Waals surface area (Å²) in [7, 11) is 0. The average molecular weight is 248 g/mol. The summed E-state index contributed by atoms with van der Waals surface area (Å²) in [5.74, 6) is 0. The van der Waals surface area contributed by atoms with Crippen molar-refractivity contribution >= 4 is 0 Å². The zero-order valence-electron chi connectivity index (χ0n) is 10.1. The Labute approximate surface area is 106 Å². The van der Waals surface area contributed by atoms with Crippen molar-refractivity contribution in [3.05, 3.63) is 35.4 Å². The highest BCUT2D eigenvalue weighted by Crippen LogP contribution is 2.32. The molecule has 0 bridgehead atoms. The van der Waals surface area contributed by atoms with Crippen LogP contribution in [0.4, 0.5) is 0 Å². The Morgan fingerprint density at radius 2 is 1.17 bits per heavy atom. The summed E-state index contributed by atoms with van der Waals surface area (Å²) in [6.07, 6.45) is 0.380. The molecule has 0 aliphatic carbocycles. The molecule has 2 saturated heterocycles. The van der Waals surface area contributed by atoms with E-state index < -0.39 is 0 Å². The zero-order chi connectivity index (χ0) is 11.9. The molecule has 0 spiro atoms. The largest absolute Gasteiger partial charge is 0.370 e. The average Bonchev–Trinajstić information content (AvgIpc) is 3.24. The molecule has 1 aromatic rings. The van der Waals surface area contributed by atoms with Gasteiger partial charge in [-0.05, 0) is 11.1 Å². The minimum atomic E-state index is 0.00542. The van der Waals surface area contributed by atoms with Gasteiger partial charge in [-0.2, -0.15) is 0 Å². The highest BCUT2D eigenvalue weighted by molar-refractivity contribution is 5.26. The van der Waals surface area contributed by atoms with E-state index in [1.807, 2.05) is 12.1 Å². The van der Waals surface area contributed by atoms with Gasteiger partial charge in [-0.15, -0.1) is 0 Å².